The molecule has 0 aliphatic rings. The molecule has 0 fully saturated rings. The first-order valence-electron chi connectivity index (χ1n) is 7.09. The van der Waals surface area contributed by atoms with E-state index in [2.05, 4.69) is 31.0 Å². The van der Waals surface area contributed by atoms with Gasteiger partial charge >= 0.3 is 0 Å². The van der Waals surface area contributed by atoms with Gasteiger partial charge in [-0.2, -0.15) is 0 Å². The summed E-state index contributed by atoms with van der Waals surface area (Å²) in [6, 6.07) is 15.1. The number of halogens is 1. The summed E-state index contributed by atoms with van der Waals surface area (Å²) in [6.07, 6.45) is 2.79. The number of hydrogen-bond acceptors (Lipinski definition) is 2. The Bertz CT molecular complexity index is 597. The summed E-state index contributed by atoms with van der Waals surface area (Å²) in [7, 11) is 0. The van der Waals surface area contributed by atoms with Crippen LogP contribution in [0, 0.1) is 5.82 Å². The van der Waals surface area contributed by atoms with Gasteiger partial charge in [0.1, 0.15) is 5.82 Å². The predicted molar refractivity (Wildman–Crippen MR) is 90.4 cm³/mol. The van der Waals surface area contributed by atoms with E-state index in [1.807, 2.05) is 24.3 Å². The van der Waals surface area contributed by atoms with Crippen molar-refractivity contribution in [2.45, 2.75) is 24.3 Å². The average molecular weight is 301 g/mol. The van der Waals surface area contributed by atoms with Gasteiger partial charge in [0, 0.05) is 16.3 Å². The van der Waals surface area contributed by atoms with Crippen molar-refractivity contribution in [1.82, 2.24) is 0 Å². The SMILES string of the molecule is C=CCSc1ccccc1NC(CC)c1cccc(F)c1. The van der Waals surface area contributed by atoms with E-state index >= 15 is 0 Å². The quantitative estimate of drug-likeness (QED) is 0.522. The summed E-state index contributed by atoms with van der Waals surface area (Å²) >= 11 is 1.74. The fraction of sp³-hybridized carbons (Fsp3) is 0.222. The molecule has 0 saturated carbocycles. The number of thioether (sulfide) groups is 1. The second kappa shape index (κ2) is 7.89. The zero-order valence-electron chi connectivity index (χ0n) is 12.2. The van der Waals surface area contributed by atoms with E-state index in [0.29, 0.717) is 0 Å². The first-order valence-corrected chi connectivity index (χ1v) is 8.08. The maximum atomic E-state index is 13.4. The van der Waals surface area contributed by atoms with E-state index in [4.69, 9.17) is 0 Å². The third-order valence-electron chi connectivity index (χ3n) is 3.23. The lowest BCUT2D eigenvalue weighted by Gasteiger charge is -2.20. The van der Waals surface area contributed by atoms with Crippen LogP contribution in [0.1, 0.15) is 24.9 Å². The average Bonchev–Trinajstić information content (AvgIpc) is 2.51. The number of hydrogen-bond donors (Lipinski definition) is 1. The molecule has 2 rings (SSSR count). The van der Waals surface area contributed by atoms with Crippen LogP contribution < -0.4 is 5.32 Å². The molecular formula is C18H20FNS. The highest BCUT2D eigenvalue weighted by Gasteiger charge is 2.11. The predicted octanol–water partition coefficient (Wildman–Crippen LogP) is 5.67. The molecule has 3 heteroatoms. The van der Waals surface area contributed by atoms with Gasteiger partial charge in [-0.25, -0.2) is 4.39 Å². The minimum atomic E-state index is -0.193. The molecule has 0 spiro atoms. The van der Waals surface area contributed by atoms with Crippen molar-refractivity contribution in [3.05, 3.63) is 72.6 Å². The summed E-state index contributed by atoms with van der Waals surface area (Å²) in [6.45, 7) is 5.86. The Hall–Kier alpha value is -1.74. The van der Waals surface area contributed by atoms with Gasteiger partial charge in [0.15, 0.2) is 0 Å². The topological polar surface area (TPSA) is 12.0 Å². The zero-order valence-corrected chi connectivity index (χ0v) is 13.0. The molecular weight excluding hydrogens is 281 g/mol. The third kappa shape index (κ3) is 4.36. The summed E-state index contributed by atoms with van der Waals surface area (Å²) in [5, 5.41) is 3.53. The largest absolute Gasteiger partial charge is 0.377 e. The number of para-hydroxylation sites is 1. The highest BCUT2D eigenvalue weighted by Crippen LogP contribution is 2.31. The van der Waals surface area contributed by atoms with Gasteiger partial charge in [0.05, 0.1) is 6.04 Å². The molecule has 1 unspecified atom stereocenters. The standard InChI is InChI=1S/C18H20FNS/c1-3-12-21-18-11-6-5-10-17(18)20-16(4-2)14-8-7-9-15(19)13-14/h3,5-11,13,16,20H,1,4,12H2,2H3. The highest BCUT2D eigenvalue weighted by atomic mass is 32.2. The molecule has 110 valence electrons. The van der Waals surface area contributed by atoms with Crippen molar-refractivity contribution < 1.29 is 4.39 Å². The first-order chi connectivity index (χ1) is 10.2. The lowest BCUT2D eigenvalue weighted by atomic mass is 10.0. The van der Waals surface area contributed by atoms with Gasteiger partial charge in [-0.15, -0.1) is 18.3 Å². The Morgan fingerprint density at radius 2 is 2.05 bits per heavy atom. The molecule has 2 aromatic rings. The summed E-state index contributed by atoms with van der Waals surface area (Å²) in [4.78, 5) is 1.19. The monoisotopic (exact) mass is 301 g/mol. The molecule has 1 atom stereocenters. The van der Waals surface area contributed by atoms with Crippen molar-refractivity contribution in [3.8, 4) is 0 Å². The molecule has 0 aliphatic carbocycles. The van der Waals surface area contributed by atoms with Crippen LogP contribution in [0.15, 0.2) is 66.1 Å². The number of rotatable bonds is 7. The molecule has 2 aromatic carbocycles. The van der Waals surface area contributed by atoms with Gasteiger partial charge in [-0.3, -0.25) is 0 Å². The number of nitrogens with one attached hydrogen (secondary N) is 1. The molecule has 0 amide bonds. The number of anilines is 1. The van der Waals surface area contributed by atoms with Crippen molar-refractivity contribution in [2.24, 2.45) is 0 Å². The smallest absolute Gasteiger partial charge is 0.123 e. The fourth-order valence-electron chi connectivity index (χ4n) is 2.19. The van der Waals surface area contributed by atoms with Crippen LogP contribution >= 0.6 is 11.8 Å². The maximum absolute atomic E-state index is 13.4. The Labute approximate surface area is 130 Å². The molecule has 0 radical (unpaired) electrons. The van der Waals surface area contributed by atoms with Crippen LogP contribution in [-0.4, -0.2) is 5.75 Å². The maximum Gasteiger partial charge on any atom is 0.123 e. The minimum absolute atomic E-state index is 0.103. The van der Waals surface area contributed by atoms with E-state index in [-0.39, 0.29) is 11.9 Å². The second-order valence-electron chi connectivity index (χ2n) is 4.76. The summed E-state index contributed by atoms with van der Waals surface area (Å²) in [5.41, 5.74) is 2.06. The van der Waals surface area contributed by atoms with Crippen LogP contribution in [-0.2, 0) is 0 Å². The lowest BCUT2D eigenvalue weighted by molar-refractivity contribution is 0.620. The summed E-state index contributed by atoms with van der Waals surface area (Å²) in [5.74, 6) is 0.678. The van der Waals surface area contributed by atoms with Gasteiger partial charge in [0.25, 0.3) is 0 Å². The van der Waals surface area contributed by atoms with Gasteiger partial charge in [-0.1, -0.05) is 37.3 Å². The first kappa shape index (κ1) is 15.6. The van der Waals surface area contributed by atoms with Gasteiger partial charge in [0.2, 0.25) is 0 Å². The minimum Gasteiger partial charge on any atom is -0.377 e. The van der Waals surface area contributed by atoms with Crippen molar-refractivity contribution >= 4 is 17.4 Å². The van der Waals surface area contributed by atoms with Crippen molar-refractivity contribution in [1.29, 1.82) is 0 Å². The molecule has 0 aliphatic heterocycles. The Morgan fingerprint density at radius 3 is 2.76 bits per heavy atom. The van der Waals surface area contributed by atoms with E-state index in [9.17, 15) is 4.39 Å². The van der Waals surface area contributed by atoms with E-state index in [1.165, 1.54) is 11.0 Å². The summed E-state index contributed by atoms with van der Waals surface area (Å²) < 4.78 is 13.4. The molecule has 0 bridgehead atoms. The van der Waals surface area contributed by atoms with Crippen LogP contribution in [0.25, 0.3) is 0 Å². The molecule has 21 heavy (non-hydrogen) atoms. The second-order valence-corrected chi connectivity index (χ2v) is 5.82. The van der Waals surface area contributed by atoms with Crippen LogP contribution in [0.4, 0.5) is 10.1 Å². The molecule has 1 N–H and O–H groups in total. The molecule has 0 saturated heterocycles. The van der Waals surface area contributed by atoms with Crippen LogP contribution in [0.2, 0.25) is 0 Å². The molecule has 1 nitrogen and oxygen atoms in total. The lowest BCUT2D eigenvalue weighted by Crippen LogP contribution is -2.10. The van der Waals surface area contributed by atoms with Gasteiger partial charge < -0.3 is 5.32 Å². The highest BCUT2D eigenvalue weighted by molar-refractivity contribution is 7.99. The van der Waals surface area contributed by atoms with E-state index in [1.54, 1.807) is 23.9 Å². The zero-order chi connectivity index (χ0) is 15.1. The molecule has 0 aromatic heterocycles. The van der Waals surface area contributed by atoms with Crippen LogP contribution in [0.5, 0.6) is 0 Å². The number of benzene rings is 2. The van der Waals surface area contributed by atoms with Crippen molar-refractivity contribution in [3.63, 3.8) is 0 Å². The Morgan fingerprint density at radius 1 is 1.24 bits per heavy atom. The van der Waals surface area contributed by atoms with Crippen molar-refractivity contribution in [2.75, 3.05) is 11.1 Å². The molecule has 0 heterocycles. The van der Waals surface area contributed by atoms with E-state index < -0.39 is 0 Å². The Kier molecular flexibility index (Phi) is 5.88. The van der Waals surface area contributed by atoms with Gasteiger partial charge in [-0.05, 0) is 36.2 Å². The normalized spacial score (nSPS) is 11.9. The van der Waals surface area contributed by atoms with E-state index in [0.717, 1.165) is 23.4 Å². The Balaban J connectivity index is 2.20. The fourth-order valence-corrected chi connectivity index (χ4v) is 2.95. The third-order valence-corrected chi connectivity index (χ3v) is 4.30. The van der Waals surface area contributed by atoms with Crippen LogP contribution in [0.3, 0.4) is 0 Å².